The van der Waals surface area contributed by atoms with E-state index in [2.05, 4.69) is 50.1 Å². The first-order chi connectivity index (χ1) is 14.2. The topological polar surface area (TPSA) is 80.5 Å². The summed E-state index contributed by atoms with van der Waals surface area (Å²) in [5, 5.41) is 8.98. The highest BCUT2D eigenvalue weighted by atomic mass is 15.0. The van der Waals surface area contributed by atoms with Crippen molar-refractivity contribution in [2.75, 3.05) is 17.2 Å². The van der Waals surface area contributed by atoms with Gasteiger partial charge in [-0.2, -0.15) is 0 Å². The first kappa shape index (κ1) is 18.9. The maximum absolute atomic E-state index is 4.91. The lowest BCUT2D eigenvalue weighted by molar-refractivity contribution is 0.660. The molecule has 0 aliphatic heterocycles. The van der Waals surface area contributed by atoms with Crippen LogP contribution in [0.2, 0.25) is 0 Å². The van der Waals surface area contributed by atoms with Gasteiger partial charge in [-0.25, -0.2) is 15.0 Å². The number of imidazole rings is 1. The van der Waals surface area contributed by atoms with Crippen LogP contribution in [0.4, 0.5) is 11.6 Å². The lowest BCUT2D eigenvalue weighted by Crippen LogP contribution is -2.11. The van der Waals surface area contributed by atoms with Crippen LogP contribution in [-0.4, -0.2) is 37.1 Å². The van der Waals surface area contributed by atoms with Crippen LogP contribution in [-0.2, 0) is 6.54 Å². The quantitative estimate of drug-likeness (QED) is 0.441. The molecule has 0 unspecified atom stereocenters. The molecule has 0 fully saturated rings. The molecule has 4 aromatic rings. The van der Waals surface area contributed by atoms with Crippen LogP contribution in [0.5, 0.6) is 0 Å². The molecule has 148 valence electrons. The molecule has 0 aliphatic carbocycles. The van der Waals surface area contributed by atoms with E-state index in [0.717, 1.165) is 53.2 Å². The number of aryl methyl sites for hydroxylation is 1. The summed E-state index contributed by atoms with van der Waals surface area (Å²) in [5.41, 5.74) is 1.92. The maximum atomic E-state index is 4.91. The van der Waals surface area contributed by atoms with Gasteiger partial charge >= 0.3 is 0 Å². The van der Waals surface area contributed by atoms with Crippen molar-refractivity contribution in [3.05, 3.63) is 61.6 Å². The Morgan fingerprint density at radius 1 is 1.07 bits per heavy atom. The van der Waals surface area contributed by atoms with E-state index < -0.39 is 0 Å². The minimum atomic E-state index is 0.319. The van der Waals surface area contributed by atoms with E-state index in [4.69, 9.17) is 4.98 Å². The average molecular weight is 387 g/mol. The highest BCUT2D eigenvalue weighted by molar-refractivity contribution is 5.94. The Bertz CT molecular complexity index is 1070. The maximum Gasteiger partial charge on any atom is 0.134 e. The van der Waals surface area contributed by atoms with Crippen LogP contribution in [0.3, 0.4) is 0 Å². The van der Waals surface area contributed by atoms with Crippen molar-refractivity contribution in [1.82, 2.24) is 24.5 Å². The molecule has 4 aromatic heterocycles. The predicted octanol–water partition coefficient (Wildman–Crippen LogP) is 4.21. The van der Waals surface area contributed by atoms with E-state index >= 15 is 0 Å². The SMILES string of the molecule is CC(C)Nc1cc(-c2cc3cnccc3c(NCCCn3ccnc3)n2)ccn1. The van der Waals surface area contributed by atoms with Gasteiger partial charge in [0.05, 0.1) is 12.0 Å². The molecule has 0 spiro atoms. The first-order valence-corrected chi connectivity index (χ1v) is 9.86. The zero-order valence-corrected chi connectivity index (χ0v) is 16.7. The Labute approximate surface area is 170 Å². The molecule has 0 aromatic carbocycles. The van der Waals surface area contributed by atoms with E-state index in [-0.39, 0.29) is 0 Å². The van der Waals surface area contributed by atoms with Gasteiger partial charge in [-0.15, -0.1) is 0 Å². The van der Waals surface area contributed by atoms with Crippen molar-refractivity contribution in [1.29, 1.82) is 0 Å². The second-order valence-corrected chi connectivity index (χ2v) is 7.26. The number of nitrogens with zero attached hydrogens (tertiary/aromatic N) is 5. The number of anilines is 2. The summed E-state index contributed by atoms with van der Waals surface area (Å²) >= 11 is 0. The largest absolute Gasteiger partial charge is 0.369 e. The third kappa shape index (κ3) is 4.68. The summed E-state index contributed by atoms with van der Waals surface area (Å²) in [6, 6.07) is 8.42. The van der Waals surface area contributed by atoms with Crippen molar-refractivity contribution >= 4 is 22.4 Å². The van der Waals surface area contributed by atoms with E-state index in [9.17, 15) is 0 Å². The number of aromatic nitrogens is 5. The Morgan fingerprint density at radius 2 is 2.00 bits per heavy atom. The monoisotopic (exact) mass is 387 g/mol. The number of pyridine rings is 3. The third-order valence-electron chi connectivity index (χ3n) is 4.57. The molecule has 0 amide bonds. The van der Waals surface area contributed by atoms with E-state index in [1.807, 2.05) is 43.1 Å². The van der Waals surface area contributed by atoms with Crippen molar-refractivity contribution < 1.29 is 0 Å². The van der Waals surface area contributed by atoms with Crippen LogP contribution in [0.1, 0.15) is 20.3 Å². The molecule has 4 rings (SSSR count). The lowest BCUT2D eigenvalue weighted by atomic mass is 10.1. The van der Waals surface area contributed by atoms with Gasteiger partial charge in [-0.3, -0.25) is 4.98 Å². The van der Waals surface area contributed by atoms with E-state index in [0.29, 0.717) is 6.04 Å². The fourth-order valence-corrected chi connectivity index (χ4v) is 3.23. The number of nitrogens with one attached hydrogen (secondary N) is 2. The fraction of sp³-hybridized carbons (Fsp3) is 0.273. The third-order valence-corrected chi connectivity index (χ3v) is 4.57. The lowest BCUT2D eigenvalue weighted by Gasteiger charge is -2.13. The smallest absolute Gasteiger partial charge is 0.134 e. The van der Waals surface area contributed by atoms with Crippen LogP contribution >= 0.6 is 0 Å². The van der Waals surface area contributed by atoms with Crippen LogP contribution in [0.15, 0.2) is 61.6 Å². The summed E-state index contributed by atoms with van der Waals surface area (Å²) in [4.78, 5) is 17.7. The summed E-state index contributed by atoms with van der Waals surface area (Å²) < 4.78 is 2.08. The minimum Gasteiger partial charge on any atom is -0.369 e. The van der Waals surface area contributed by atoms with Gasteiger partial charge in [-0.1, -0.05) is 0 Å². The zero-order chi connectivity index (χ0) is 20.1. The molecule has 7 nitrogen and oxygen atoms in total. The highest BCUT2D eigenvalue weighted by Crippen LogP contribution is 2.28. The molecule has 0 aliphatic rings. The molecule has 0 bridgehead atoms. The molecule has 2 N–H and O–H groups in total. The van der Waals surface area contributed by atoms with Gasteiger partial charge in [0.2, 0.25) is 0 Å². The Morgan fingerprint density at radius 3 is 2.83 bits per heavy atom. The van der Waals surface area contributed by atoms with Gasteiger partial charge in [-0.05, 0) is 44.5 Å². The zero-order valence-electron chi connectivity index (χ0n) is 16.7. The van der Waals surface area contributed by atoms with E-state index in [1.54, 1.807) is 12.4 Å². The van der Waals surface area contributed by atoms with Crippen molar-refractivity contribution in [2.45, 2.75) is 32.9 Å². The second kappa shape index (κ2) is 8.68. The summed E-state index contributed by atoms with van der Waals surface area (Å²) in [6.45, 7) is 5.93. The van der Waals surface area contributed by atoms with Gasteiger partial charge in [0.15, 0.2) is 0 Å². The highest BCUT2D eigenvalue weighted by Gasteiger charge is 2.09. The van der Waals surface area contributed by atoms with Crippen LogP contribution < -0.4 is 10.6 Å². The number of rotatable bonds is 8. The van der Waals surface area contributed by atoms with Crippen molar-refractivity contribution in [3.8, 4) is 11.3 Å². The Kier molecular flexibility index (Phi) is 5.65. The predicted molar refractivity (Wildman–Crippen MR) is 117 cm³/mol. The molecule has 0 radical (unpaired) electrons. The van der Waals surface area contributed by atoms with Crippen molar-refractivity contribution in [3.63, 3.8) is 0 Å². The van der Waals surface area contributed by atoms with Crippen LogP contribution in [0.25, 0.3) is 22.0 Å². The van der Waals surface area contributed by atoms with Gasteiger partial charge in [0, 0.05) is 66.5 Å². The van der Waals surface area contributed by atoms with Crippen LogP contribution in [0, 0.1) is 0 Å². The normalized spacial score (nSPS) is 11.1. The number of fused-ring (bicyclic) bond motifs is 1. The number of hydrogen-bond donors (Lipinski definition) is 2. The van der Waals surface area contributed by atoms with Gasteiger partial charge < -0.3 is 15.2 Å². The summed E-state index contributed by atoms with van der Waals surface area (Å²) in [7, 11) is 0. The molecular weight excluding hydrogens is 362 g/mol. The number of hydrogen-bond acceptors (Lipinski definition) is 6. The van der Waals surface area contributed by atoms with E-state index in [1.165, 1.54) is 0 Å². The molecule has 0 atom stereocenters. The molecule has 4 heterocycles. The Balaban J connectivity index is 1.58. The van der Waals surface area contributed by atoms with Gasteiger partial charge in [0.1, 0.15) is 11.6 Å². The fourth-order valence-electron chi connectivity index (χ4n) is 3.23. The van der Waals surface area contributed by atoms with Gasteiger partial charge in [0.25, 0.3) is 0 Å². The second-order valence-electron chi connectivity index (χ2n) is 7.26. The minimum absolute atomic E-state index is 0.319. The average Bonchev–Trinajstić information content (AvgIpc) is 3.24. The summed E-state index contributed by atoms with van der Waals surface area (Å²) in [6.07, 6.45) is 12.1. The standard InChI is InChI=1S/C22H25N7/c1-16(2)27-21-13-17(4-8-25-21)20-12-18-14-23-7-5-19(18)22(28-20)26-6-3-10-29-11-9-24-15-29/h4-5,7-9,11-16H,3,6,10H2,1-2H3,(H,25,27)(H,26,28). The molecule has 0 saturated carbocycles. The molecular formula is C22H25N7. The van der Waals surface area contributed by atoms with Crippen molar-refractivity contribution in [2.24, 2.45) is 0 Å². The molecule has 29 heavy (non-hydrogen) atoms. The molecule has 7 heteroatoms. The summed E-state index contributed by atoms with van der Waals surface area (Å²) in [5.74, 6) is 1.72. The first-order valence-electron chi connectivity index (χ1n) is 9.86. The molecule has 0 saturated heterocycles. The Hall–Kier alpha value is -3.48.